The van der Waals surface area contributed by atoms with E-state index in [1.54, 1.807) is 0 Å². The zero-order valence-corrected chi connectivity index (χ0v) is 45.2. The summed E-state index contributed by atoms with van der Waals surface area (Å²) in [6, 6.07) is 61.3. The van der Waals surface area contributed by atoms with Gasteiger partial charge in [0, 0.05) is 38.1 Å². The molecule has 0 aliphatic rings. The fourth-order valence-corrected chi connectivity index (χ4v) is 11.1. The molecule has 0 amide bonds. The van der Waals surface area contributed by atoms with Crippen molar-refractivity contribution in [1.29, 1.82) is 5.26 Å². The van der Waals surface area contributed by atoms with E-state index < -0.39 is 0 Å². The number of benzene rings is 8. The highest BCUT2D eigenvalue weighted by molar-refractivity contribution is 6.20. The molecule has 8 aromatic carbocycles. The van der Waals surface area contributed by atoms with E-state index in [-0.39, 0.29) is 21.7 Å². The Labute approximate surface area is 439 Å². The summed E-state index contributed by atoms with van der Waals surface area (Å²) in [7, 11) is 0. The van der Waals surface area contributed by atoms with Gasteiger partial charge in [-0.1, -0.05) is 180 Å². The van der Waals surface area contributed by atoms with Crippen molar-refractivity contribution in [2.75, 3.05) is 0 Å². The van der Waals surface area contributed by atoms with Crippen LogP contribution in [-0.2, 0) is 21.7 Å². The van der Waals surface area contributed by atoms with Gasteiger partial charge in [0.05, 0.1) is 55.7 Å². The van der Waals surface area contributed by atoms with Gasteiger partial charge in [0.1, 0.15) is 17.3 Å². The highest BCUT2D eigenvalue weighted by Gasteiger charge is 2.30. The van der Waals surface area contributed by atoms with E-state index in [0.717, 1.165) is 77.4 Å². The number of rotatable bonds is 5. The lowest BCUT2D eigenvalue weighted by atomic mass is 9.85. The van der Waals surface area contributed by atoms with Gasteiger partial charge in [-0.25, -0.2) is 9.97 Å². The summed E-state index contributed by atoms with van der Waals surface area (Å²) in [5.41, 5.74) is 16.5. The first-order chi connectivity index (χ1) is 35.7. The molecule has 0 saturated heterocycles. The average molecular weight is 978 g/mol. The number of nitriles is 1. The quantitative estimate of drug-likeness (QED) is 0.172. The maximum absolute atomic E-state index is 11.8. The van der Waals surface area contributed by atoms with Crippen molar-refractivity contribution in [3.05, 3.63) is 192 Å². The second-order valence-corrected chi connectivity index (χ2v) is 24.7. The van der Waals surface area contributed by atoms with Gasteiger partial charge in [-0.2, -0.15) is 5.26 Å². The largest absolute Gasteiger partial charge is 0.453 e. The zero-order chi connectivity index (χ0) is 52.5. The van der Waals surface area contributed by atoms with E-state index in [2.05, 4.69) is 226 Å². The lowest BCUT2D eigenvalue weighted by Crippen LogP contribution is -2.10. The Bertz CT molecular complexity index is 4120. The molecule has 4 aromatic heterocycles. The summed E-state index contributed by atoms with van der Waals surface area (Å²) >= 11 is 0. The van der Waals surface area contributed by atoms with Gasteiger partial charge < -0.3 is 13.6 Å². The van der Waals surface area contributed by atoms with Crippen molar-refractivity contribution in [1.82, 2.24) is 19.1 Å². The molecule has 0 fully saturated rings. The molecule has 0 unspecified atom stereocenters. The summed E-state index contributed by atoms with van der Waals surface area (Å²) in [5.74, 6) is 0.547. The van der Waals surface area contributed by atoms with E-state index in [0.29, 0.717) is 28.2 Å². The van der Waals surface area contributed by atoms with Crippen LogP contribution in [0.3, 0.4) is 0 Å². The average Bonchev–Trinajstić information content (AvgIpc) is 4.17. The van der Waals surface area contributed by atoms with Gasteiger partial charge in [-0.15, -0.1) is 0 Å². The minimum atomic E-state index is -0.0873. The predicted molar refractivity (Wildman–Crippen MR) is 314 cm³/mol. The normalized spacial score (nSPS) is 12.8. The summed E-state index contributed by atoms with van der Waals surface area (Å²) in [5, 5.41) is 18.2. The Balaban J connectivity index is 1.25. The van der Waals surface area contributed by atoms with Gasteiger partial charge in [0.25, 0.3) is 0 Å². The molecule has 6 heteroatoms. The van der Waals surface area contributed by atoms with Crippen molar-refractivity contribution in [3.63, 3.8) is 0 Å². The molecule has 0 N–H and O–H groups in total. The minimum absolute atomic E-state index is 0.0752. The first-order valence-electron chi connectivity index (χ1n) is 26.3. The number of nitrogens with zero attached hydrogens (tertiary/aromatic N) is 5. The van der Waals surface area contributed by atoms with Crippen LogP contribution in [0.25, 0.3) is 111 Å². The molecule has 0 spiro atoms. The molecule has 75 heavy (non-hydrogen) atoms. The van der Waals surface area contributed by atoms with Crippen LogP contribution in [0.1, 0.15) is 111 Å². The van der Waals surface area contributed by atoms with Gasteiger partial charge >= 0.3 is 0 Å². The van der Waals surface area contributed by atoms with Gasteiger partial charge in [-0.3, -0.25) is 0 Å². The lowest BCUT2D eigenvalue weighted by Gasteiger charge is -2.20. The molecule has 0 radical (unpaired) electrons. The van der Waals surface area contributed by atoms with E-state index in [1.807, 2.05) is 36.4 Å². The van der Waals surface area contributed by atoms with Crippen molar-refractivity contribution >= 4 is 65.6 Å². The summed E-state index contributed by atoms with van der Waals surface area (Å²) in [6.07, 6.45) is 0. The summed E-state index contributed by atoms with van der Waals surface area (Å²) in [4.78, 5) is 10.7. The van der Waals surface area contributed by atoms with E-state index >= 15 is 0 Å². The van der Waals surface area contributed by atoms with E-state index in [1.165, 1.54) is 33.0 Å². The van der Waals surface area contributed by atoms with Crippen LogP contribution in [0.15, 0.2) is 168 Å². The Hall–Kier alpha value is -8.27. The van der Waals surface area contributed by atoms with Crippen molar-refractivity contribution < 1.29 is 4.42 Å². The third-order valence-corrected chi connectivity index (χ3v) is 15.4. The highest BCUT2D eigenvalue weighted by Crippen LogP contribution is 2.48. The third-order valence-electron chi connectivity index (χ3n) is 15.4. The number of para-hydroxylation sites is 1. The first kappa shape index (κ1) is 47.7. The minimum Gasteiger partial charge on any atom is -0.453 e. The van der Waals surface area contributed by atoms with Crippen LogP contribution in [0.5, 0.6) is 0 Å². The second-order valence-electron chi connectivity index (χ2n) is 24.7. The van der Waals surface area contributed by atoms with Crippen LogP contribution in [-0.4, -0.2) is 19.1 Å². The number of furan rings is 1. The van der Waals surface area contributed by atoms with E-state index in [9.17, 15) is 5.26 Å². The fraction of sp³-hybridized carbons (Fsp3) is 0.232. The van der Waals surface area contributed by atoms with Crippen molar-refractivity contribution in [2.45, 2.75) is 105 Å². The first-order valence-corrected chi connectivity index (χ1v) is 26.3. The van der Waals surface area contributed by atoms with Gasteiger partial charge in [0.15, 0.2) is 11.4 Å². The van der Waals surface area contributed by atoms with Gasteiger partial charge in [0.2, 0.25) is 0 Å². The molecule has 4 heterocycles. The molecule has 0 bridgehead atoms. The molecule has 370 valence electrons. The number of aromatic nitrogens is 4. The molecule has 0 saturated carbocycles. The maximum atomic E-state index is 11.8. The van der Waals surface area contributed by atoms with Crippen molar-refractivity contribution in [2.24, 2.45) is 0 Å². The molecule has 0 atom stereocenters. The predicted octanol–water partition coefficient (Wildman–Crippen LogP) is 18.6. The number of fused-ring (bicyclic) bond motifs is 9. The summed E-state index contributed by atoms with van der Waals surface area (Å²) < 4.78 is 12.3. The zero-order valence-electron chi connectivity index (χ0n) is 45.2. The Morgan fingerprint density at radius 3 is 1.23 bits per heavy atom. The standard InChI is InChI=1S/C69H63N5O/c1-66(2,3)44-26-30-56-50(35-44)51-36-45(67(4,5)6)27-31-57(51)73(56)60-34-43(40-70)62(74-58-32-28-46(68(7,8)9)37-52(58)53-38-47(69(10,11)12)29-33-59(53)74)64-61(60)48-24-19-25-49(63(48)75-64)65-71-54(41-20-15-13-16-21-41)39-55(72-65)42-22-17-14-18-23-42/h13-39H,1-12H3. The number of hydrogen-bond donors (Lipinski definition) is 0. The molecule has 12 aromatic rings. The lowest BCUT2D eigenvalue weighted by molar-refractivity contribution is 0.590. The number of hydrogen-bond acceptors (Lipinski definition) is 4. The highest BCUT2D eigenvalue weighted by atomic mass is 16.3. The molecular weight excluding hydrogens is 915 g/mol. The Kier molecular flexibility index (Phi) is 10.7. The Morgan fingerprint density at radius 2 is 0.827 bits per heavy atom. The van der Waals surface area contributed by atoms with E-state index in [4.69, 9.17) is 14.4 Å². The van der Waals surface area contributed by atoms with Crippen LogP contribution in [0, 0.1) is 11.3 Å². The maximum Gasteiger partial charge on any atom is 0.164 e. The van der Waals surface area contributed by atoms with Crippen LogP contribution >= 0.6 is 0 Å². The fourth-order valence-electron chi connectivity index (χ4n) is 11.1. The van der Waals surface area contributed by atoms with Gasteiger partial charge in [-0.05, 0) is 111 Å². The smallest absolute Gasteiger partial charge is 0.164 e. The SMILES string of the molecule is CC(C)(C)c1ccc2c(c1)c1cc(C(C)(C)C)ccc1n2-c1c(C#N)cc(-n2c3ccc(C(C)(C)C)cc3c3cc(C(C)(C)C)ccc32)c2c1oc1c(-c3nc(-c4ccccc4)cc(-c4ccccc4)n3)cccc12. The summed E-state index contributed by atoms with van der Waals surface area (Å²) in [6.45, 7) is 27.2. The molecule has 6 nitrogen and oxygen atoms in total. The Morgan fingerprint density at radius 1 is 0.413 bits per heavy atom. The molecule has 0 aliphatic carbocycles. The molecule has 12 rings (SSSR count). The third kappa shape index (κ3) is 7.91. The monoisotopic (exact) mass is 978 g/mol. The van der Waals surface area contributed by atoms with Crippen LogP contribution in [0.4, 0.5) is 0 Å². The second kappa shape index (κ2) is 16.9. The van der Waals surface area contributed by atoms with Crippen LogP contribution in [0.2, 0.25) is 0 Å². The topological polar surface area (TPSA) is 72.6 Å². The molecular formula is C69H63N5O. The molecule has 0 aliphatic heterocycles. The van der Waals surface area contributed by atoms with Crippen molar-refractivity contribution in [3.8, 4) is 51.3 Å². The van der Waals surface area contributed by atoms with Crippen LogP contribution < -0.4 is 0 Å².